The Balaban J connectivity index is 1.74. The minimum Gasteiger partial charge on any atom is -0.378 e. The van der Waals surface area contributed by atoms with Crippen LogP contribution in [-0.4, -0.2) is 26.6 Å². The van der Waals surface area contributed by atoms with Gasteiger partial charge in [-0.05, 0) is 24.1 Å². The van der Waals surface area contributed by atoms with Crippen LogP contribution in [0.3, 0.4) is 0 Å². The predicted molar refractivity (Wildman–Crippen MR) is 122 cm³/mol. The van der Waals surface area contributed by atoms with Gasteiger partial charge in [0.1, 0.15) is 17.7 Å². The van der Waals surface area contributed by atoms with E-state index in [4.69, 9.17) is 4.52 Å². The fraction of sp³-hybridized carbons (Fsp3) is 0.250. The number of anilines is 1. The number of aldehydes is 1. The summed E-state index contributed by atoms with van der Waals surface area (Å²) in [5.41, 5.74) is 5.05. The van der Waals surface area contributed by atoms with Crippen molar-refractivity contribution in [3.63, 3.8) is 0 Å². The average Bonchev–Trinajstić information content (AvgIpc) is 3.50. The van der Waals surface area contributed by atoms with E-state index in [1.54, 1.807) is 18.5 Å². The zero-order valence-corrected chi connectivity index (χ0v) is 18.0. The number of carbonyl (C=O) groups is 1. The lowest BCUT2D eigenvalue weighted by Gasteiger charge is -2.28. The van der Waals surface area contributed by atoms with E-state index in [-0.39, 0.29) is 17.5 Å². The first kappa shape index (κ1) is 21.3. The molecule has 0 saturated carbocycles. The highest BCUT2D eigenvalue weighted by Crippen LogP contribution is 2.37. The van der Waals surface area contributed by atoms with Gasteiger partial charge in [0.15, 0.2) is 6.29 Å². The molecule has 3 aromatic heterocycles. The van der Waals surface area contributed by atoms with E-state index in [2.05, 4.69) is 39.5 Å². The van der Waals surface area contributed by atoms with Crippen LogP contribution in [0.1, 0.15) is 48.8 Å². The second-order valence-corrected chi connectivity index (χ2v) is 7.62. The van der Waals surface area contributed by atoms with Gasteiger partial charge in [0.2, 0.25) is 5.56 Å². The molecule has 0 radical (unpaired) electrons. The van der Waals surface area contributed by atoms with Crippen molar-refractivity contribution < 1.29 is 9.32 Å². The monoisotopic (exact) mass is 431 g/mol. The number of rotatable bonds is 9. The molecule has 0 aliphatic heterocycles. The maximum atomic E-state index is 11.9. The topological polar surface area (TPSA) is 117 Å². The number of nitrogens with one attached hydrogen (secondary N) is 3. The van der Waals surface area contributed by atoms with Crippen molar-refractivity contribution in [1.29, 1.82) is 0 Å². The molecule has 0 amide bonds. The highest BCUT2D eigenvalue weighted by Gasteiger charge is 2.28. The third-order valence-corrected chi connectivity index (χ3v) is 5.78. The first-order chi connectivity index (χ1) is 15.6. The number of nitrogens with zero attached hydrogens (tertiary/aromatic N) is 2. The first-order valence-electron chi connectivity index (χ1n) is 10.6. The molecule has 4 aromatic rings. The third kappa shape index (κ3) is 4.25. The van der Waals surface area contributed by atoms with Crippen molar-refractivity contribution in [2.45, 2.75) is 32.7 Å². The molecule has 1 atom stereocenters. The molecule has 0 bridgehead atoms. The van der Waals surface area contributed by atoms with Crippen LogP contribution in [0.5, 0.6) is 0 Å². The molecule has 0 saturated heterocycles. The van der Waals surface area contributed by atoms with Gasteiger partial charge >= 0.3 is 0 Å². The lowest BCUT2D eigenvalue weighted by molar-refractivity contribution is 0.111. The van der Waals surface area contributed by atoms with E-state index in [1.165, 1.54) is 6.07 Å². The van der Waals surface area contributed by atoms with Crippen LogP contribution < -0.4 is 10.9 Å². The number of H-pyrrole nitrogens is 2. The van der Waals surface area contributed by atoms with Crippen LogP contribution in [0.15, 0.2) is 64.2 Å². The van der Waals surface area contributed by atoms with Gasteiger partial charge in [-0.3, -0.25) is 14.7 Å². The summed E-state index contributed by atoms with van der Waals surface area (Å²) in [5, 5.41) is 14.9. The number of pyridine rings is 1. The van der Waals surface area contributed by atoms with Crippen LogP contribution in [0.4, 0.5) is 5.69 Å². The quantitative estimate of drug-likeness (QED) is 0.327. The fourth-order valence-electron chi connectivity index (χ4n) is 4.01. The van der Waals surface area contributed by atoms with Crippen LogP contribution in [0.2, 0.25) is 0 Å². The van der Waals surface area contributed by atoms with Crippen LogP contribution >= 0.6 is 0 Å². The van der Waals surface area contributed by atoms with Crippen molar-refractivity contribution in [1.82, 2.24) is 20.3 Å². The average molecular weight is 431 g/mol. The molecule has 0 spiro atoms. The van der Waals surface area contributed by atoms with E-state index in [1.807, 2.05) is 30.3 Å². The molecular weight excluding hydrogens is 406 g/mol. The van der Waals surface area contributed by atoms with Gasteiger partial charge in [-0.15, -0.1) is 0 Å². The second kappa shape index (κ2) is 9.47. The Hall–Kier alpha value is -3.94. The Labute approximate surface area is 185 Å². The maximum Gasteiger partial charge on any atom is 0.247 e. The molecular formula is C24H25N5O3. The van der Waals surface area contributed by atoms with Crippen LogP contribution in [-0.2, 0) is 0 Å². The Kier molecular flexibility index (Phi) is 6.30. The summed E-state index contributed by atoms with van der Waals surface area (Å²) >= 11 is 0. The van der Waals surface area contributed by atoms with E-state index in [0.29, 0.717) is 11.4 Å². The van der Waals surface area contributed by atoms with Gasteiger partial charge in [0.05, 0.1) is 11.7 Å². The van der Waals surface area contributed by atoms with Crippen molar-refractivity contribution in [2.75, 3.05) is 5.32 Å². The number of benzene rings is 1. The van der Waals surface area contributed by atoms with Crippen LogP contribution in [0, 0.1) is 5.92 Å². The normalized spacial score (nSPS) is 12.1. The van der Waals surface area contributed by atoms with E-state index in [0.717, 1.165) is 47.2 Å². The van der Waals surface area contributed by atoms with Gasteiger partial charge in [0, 0.05) is 40.7 Å². The molecule has 0 fully saturated rings. The number of aromatic amines is 2. The second-order valence-electron chi connectivity index (χ2n) is 7.62. The lowest BCUT2D eigenvalue weighted by Crippen LogP contribution is -2.22. The zero-order chi connectivity index (χ0) is 22.5. The highest BCUT2D eigenvalue weighted by molar-refractivity contribution is 5.80. The largest absolute Gasteiger partial charge is 0.378 e. The summed E-state index contributed by atoms with van der Waals surface area (Å²) in [7, 11) is 0. The molecule has 1 unspecified atom stereocenters. The summed E-state index contributed by atoms with van der Waals surface area (Å²) in [4.78, 5) is 26.1. The Morgan fingerprint density at radius 1 is 1.06 bits per heavy atom. The summed E-state index contributed by atoms with van der Waals surface area (Å²) in [6, 6.07) is 12.7. The molecule has 164 valence electrons. The molecule has 0 aliphatic carbocycles. The molecule has 0 aliphatic rings. The Morgan fingerprint density at radius 2 is 1.81 bits per heavy atom. The minimum absolute atomic E-state index is 0.163. The van der Waals surface area contributed by atoms with Crippen molar-refractivity contribution in [2.24, 2.45) is 5.92 Å². The molecule has 8 nitrogen and oxygen atoms in total. The highest BCUT2D eigenvalue weighted by atomic mass is 16.5. The van der Waals surface area contributed by atoms with Crippen molar-refractivity contribution in [3.05, 3.63) is 76.5 Å². The summed E-state index contributed by atoms with van der Waals surface area (Å²) in [6.07, 6.45) is 5.79. The molecule has 1 aromatic carbocycles. The van der Waals surface area contributed by atoms with E-state index in [9.17, 15) is 9.59 Å². The smallest absolute Gasteiger partial charge is 0.247 e. The number of hydrogen-bond donors (Lipinski definition) is 3. The fourth-order valence-corrected chi connectivity index (χ4v) is 4.01. The SMILES string of the molecule is CCC(CC)C(Nc1ccc(-c2ccon2)cc1)c1c(-c2ccc(=O)[nH]c2)n[nH]c1C=O. The lowest BCUT2D eigenvalue weighted by atomic mass is 9.86. The maximum absolute atomic E-state index is 11.9. The van der Waals surface area contributed by atoms with E-state index >= 15 is 0 Å². The van der Waals surface area contributed by atoms with Gasteiger partial charge in [-0.2, -0.15) is 5.10 Å². The summed E-state index contributed by atoms with van der Waals surface area (Å²) in [5.74, 6) is 0.253. The Bertz CT molecular complexity index is 1200. The standard InChI is InChI=1S/C24H25N5O3/c1-3-15(4-2)23(26-18-8-5-16(6-9-18)19-11-12-32-29-19)22-20(14-30)27-28-24(22)17-7-10-21(31)25-13-17/h5-15,23,26H,3-4H2,1-2H3,(H,25,31)(H,27,28). The minimum atomic E-state index is -0.191. The number of carbonyl (C=O) groups excluding carboxylic acids is 1. The van der Waals surface area contributed by atoms with E-state index < -0.39 is 0 Å². The van der Waals surface area contributed by atoms with Gasteiger partial charge < -0.3 is 14.8 Å². The van der Waals surface area contributed by atoms with Gasteiger partial charge in [-0.1, -0.05) is 44.0 Å². The number of aromatic nitrogens is 4. The predicted octanol–water partition coefficient (Wildman–Crippen LogP) is 4.82. The van der Waals surface area contributed by atoms with Gasteiger partial charge in [-0.25, -0.2) is 0 Å². The molecule has 8 heteroatoms. The zero-order valence-electron chi connectivity index (χ0n) is 18.0. The summed E-state index contributed by atoms with van der Waals surface area (Å²) < 4.78 is 4.93. The number of hydrogen-bond acceptors (Lipinski definition) is 6. The van der Waals surface area contributed by atoms with Gasteiger partial charge in [0.25, 0.3) is 0 Å². The molecule has 3 heterocycles. The van der Waals surface area contributed by atoms with Crippen molar-refractivity contribution >= 4 is 12.0 Å². The molecule has 32 heavy (non-hydrogen) atoms. The molecule has 4 rings (SSSR count). The third-order valence-electron chi connectivity index (χ3n) is 5.78. The van der Waals surface area contributed by atoms with Crippen molar-refractivity contribution in [3.8, 4) is 22.5 Å². The summed E-state index contributed by atoms with van der Waals surface area (Å²) in [6.45, 7) is 4.27. The first-order valence-corrected chi connectivity index (χ1v) is 10.6. The Morgan fingerprint density at radius 3 is 2.41 bits per heavy atom. The van der Waals surface area contributed by atoms with Crippen LogP contribution in [0.25, 0.3) is 22.5 Å². The molecule has 3 N–H and O–H groups in total.